The van der Waals surface area contributed by atoms with Crippen LogP contribution in [0.5, 0.6) is 5.75 Å². The molecule has 1 fully saturated rings. The number of benzene rings is 1. The highest BCUT2D eigenvalue weighted by molar-refractivity contribution is 6.24. The topological polar surface area (TPSA) is 203 Å². The zero-order valence-electron chi connectivity index (χ0n) is 23.9. The molecule has 226 valence electrons. The summed E-state index contributed by atoms with van der Waals surface area (Å²) in [6, 6.07) is 0.488. The van der Waals surface area contributed by atoms with Gasteiger partial charge in [0.15, 0.2) is 11.4 Å². The molecule has 0 bridgehead atoms. The van der Waals surface area contributed by atoms with Crippen molar-refractivity contribution in [3.05, 3.63) is 52.3 Å². The number of nitrogens with zero attached hydrogens (tertiary/aromatic N) is 2. The Morgan fingerprint density at radius 1 is 1.21 bits per heavy atom. The lowest BCUT2D eigenvalue weighted by Gasteiger charge is -2.50. The zero-order valence-corrected chi connectivity index (χ0v) is 23.9. The first kappa shape index (κ1) is 30.6. The fourth-order valence-electron chi connectivity index (χ4n) is 6.33. The van der Waals surface area contributed by atoms with Crippen LogP contribution in [-0.4, -0.2) is 95.3 Å². The van der Waals surface area contributed by atoms with Gasteiger partial charge in [-0.25, -0.2) is 4.79 Å². The Morgan fingerprint density at radius 3 is 2.45 bits per heavy atom. The number of aromatic hydroxyl groups is 1. The van der Waals surface area contributed by atoms with Gasteiger partial charge < -0.3 is 41.1 Å². The number of likely N-dealkylation sites (N-methyl/N-ethyl adjacent to an activating group) is 1. The molecule has 7 N–H and O–H groups in total. The van der Waals surface area contributed by atoms with E-state index in [0.717, 1.165) is 0 Å². The molecule has 1 aromatic rings. The van der Waals surface area contributed by atoms with Crippen LogP contribution in [0.3, 0.4) is 0 Å². The number of hydrogen-bond donors (Lipinski definition) is 6. The lowest BCUT2D eigenvalue weighted by atomic mass is 9.57. The lowest BCUT2D eigenvalue weighted by molar-refractivity contribution is -0.153. The third kappa shape index (κ3) is 4.68. The first-order valence-electron chi connectivity index (χ1n) is 13.4. The Labute approximate surface area is 242 Å². The van der Waals surface area contributed by atoms with E-state index in [-0.39, 0.29) is 42.7 Å². The monoisotopic (exact) mass is 584 g/mol. The van der Waals surface area contributed by atoms with Gasteiger partial charge in [-0.3, -0.25) is 19.3 Å². The number of aliphatic hydroxyl groups is 3. The number of phenolic OH excluding ortho intramolecular Hbond substituents is 1. The number of primary amides is 1. The van der Waals surface area contributed by atoms with Crippen LogP contribution in [0, 0.1) is 11.8 Å². The fraction of sp³-hybridized carbons (Fsp3) is 0.448. The van der Waals surface area contributed by atoms with Crippen molar-refractivity contribution in [3.63, 3.8) is 0 Å². The van der Waals surface area contributed by atoms with Crippen LogP contribution < -0.4 is 16.0 Å². The number of ether oxygens (including phenoxy) is 1. The van der Waals surface area contributed by atoms with Gasteiger partial charge in [-0.2, -0.15) is 0 Å². The Morgan fingerprint density at radius 2 is 1.88 bits per heavy atom. The summed E-state index contributed by atoms with van der Waals surface area (Å²) in [6.07, 6.45) is 1.46. The molecule has 1 saturated carbocycles. The molecule has 4 rings (SSSR count). The van der Waals surface area contributed by atoms with Crippen molar-refractivity contribution < 1.29 is 44.3 Å². The van der Waals surface area contributed by atoms with E-state index in [0.29, 0.717) is 17.7 Å². The minimum atomic E-state index is -2.72. The number of alkyl carbamates (subject to hydrolysis) is 1. The number of rotatable bonds is 8. The molecule has 0 aromatic heterocycles. The summed E-state index contributed by atoms with van der Waals surface area (Å²) in [5.74, 6) is -7.22. The average Bonchev–Trinajstić information content (AvgIpc) is 2.89. The third-order valence-corrected chi connectivity index (χ3v) is 8.24. The van der Waals surface area contributed by atoms with Crippen LogP contribution in [0.1, 0.15) is 29.5 Å². The van der Waals surface area contributed by atoms with E-state index in [2.05, 4.69) is 11.9 Å². The molecule has 1 aromatic carbocycles. The number of ketones is 2. The van der Waals surface area contributed by atoms with Crippen molar-refractivity contribution in [2.45, 2.75) is 37.5 Å². The predicted molar refractivity (Wildman–Crippen MR) is 152 cm³/mol. The SMILES string of the molecule is C=CCCOC(=O)NCc1cc(N(C)C)c2c(c1O)C(O)=C1C(=O)C3(O)C(O)=C(C(N)=O)C(=O)C(N(C)C)C3CC1C2. The summed E-state index contributed by atoms with van der Waals surface area (Å²) in [6.45, 7) is 3.51. The molecule has 0 saturated heterocycles. The van der Waals surface area contributed by atoms with Crippen LogP contribution in [0.25, 0.3) is 5.76 Å². The Balaban J connectivity index is 1.85. The van der Waals surface area contributed by atoms with E-state index >= 15 is 0 Å². The van der Waals surface area contributed by atoms with Crippen LogP contribution in [-0.2, 0) is 32.1 Å². The van der Waals surface area contributed by atoms with E-state index < -0.39 is 69.9 Å². The van der Waals surface area contributed by atoms with Crippen molar-refractivity contribution in [1.29, 1.82) is 0 Å². The number of amides is 2. The van der Waals surface area contributed by atoms with Crippen LogP contribution in [0.15, 0.2) is 35.6 Å². The zero-order chi connectivity index (χ0) is 31.3. The maximum atomic E-state index is 14.0. The molecular weight excluding hydrogens is 548 g/mol. The summed E-state index contributed by atoms with van der Waals surface area (Å²) in [5.41, 5.74) is 2.79. The molecule has 3 aliphatic rings. The van der Waals surface area contributed by atoms with E-state index in [1.807, 2.05) is 0 Å². The van der Waals surface area contributed by atoms with Crippen molar-refractivity contribution in [2.75, 3.05) is 39.7 Å². The predicted octanol–water partition coefficient (Wildman–Crippen LogP) is 0.832. The summed E-state index contributed by atoms with van der Waals surface area (Å²) < 4.78 is 5.04. The van der Waals surface area contributed by atoms with Gasteiger partial charge in [0, 0.05) is 43.4 Å². The number of fused-ring (bicyclic) bond motifs is 3. The van der Waals surface area contributed by atoms with Crippen LogP contribution >= 0.6 is 0 Å². The number of carbonyl (C=O) groups excluding carboxylic acids is 4. The van der Waals surface area contributed by atoms with Gasteiger partial charge >= 0.3 is 6.09 Å². The normalized spacial score (nSPS) is 25.0. The van der Waals surface area contributed by atoms with E-state index in [4.69, 9.17) is 10.5 Å². The largest absolute Gasteiger partial charge is 0.508 e. The lowest BCUT2D eigenvalue weighted by Crippen LogP contribution is -2.65. The van der Waals surface area contributed by atoms with E-state index in [1.54, 1.807) is 45.2 Å². The Bertz CT molecular complexity index is 1440. The number of hydrogen-bond acceptors (Lipinski definition) is 11. The molecule has 0 spiro atoms. The maximum absolute atomic E-state index is 14.0. The maximum Gasteiger partial charge on any atom is 0.407 e. The van der Waals surface area contributed by atoms with E-state index in [9.17, 15) is 39.6 Å². The number of nitrogens with two attached hydrogens (primary N) is 1. The minimum Gasteiger partial charge on any atom is -0.508 e. The molecule has 4 atom stereocenters. The number of Topliss-reactive ketones (excluding diaryl/α,β-unsaturated/α-hetero) is 2. The van der Waals surface area contributed by atoms with Gasteiger partial charge in [0.2, 0.25) is 5.78 Å². The third-order valence-electron chi connectivity index (χ3n) is 8.24. The quantitative estimate of drug-likeness (QED) is 0.143. The fourth-order valence-corrected chi connectivity index (χ4v) is 6.33. The summed E-state index contributed by atoms with van der Waals surface area (Å²) in [7, 11) is 6.59. The van der Waals surface area contributed by atoms with Crippen molar-refractivity contribution >= 4 is 35.0 Å². The van der Waals surface area contributed by atoms with E-state index in [1.165, 1.54) is 4.90 Å². The number of phenols is 1. The second-order valence-corrected chi connectivity index (χ2v) is 11.2. The summed E-state index contributed by atoms with van der Waals surface area (Å²) in [5, 5.41) is 48.1. The molecule has 13 heteroatoms. The van der Waals surface area contributed by atoms with Crippen molar-refractivity contribution in [3.8, 4) is 5.75 Å². The molecule has 42 heavy (non-hydrogen) atoms. The number of anilines is 1. The smallest absolute Gasteiger partial charge is 0.407 e. The van der Waals surface area contributed by atoms with Gasteiger partial charge in [0.1, 0.15) is 22.8 Å². The highest BCUT2D eigenvalue weighted by Gasteiger charge is 2.64. The first-order chi connectivity index (χ1) is 19.7. The molecule has 2 amide bonds. The molecule has 0 radical (unpaired) electrons. The molecule has 3 aliphatic carbocycles. The van der Waals surface area contributed by atoms with Gasteiger partial charge in [0.05, 0.1) is 18.2 Å². The average molecular weight is 585 g/mol. The number of carbonyl (C=O) groups is 4. The van der Waals surface area contributed by atoms with Crippen molar-refractivity contribution in [2.24, 2.45) is 17.6 Å². The molecule has 4 unspecified atom stereocenters. The Kier molecular flexibility index (Phi) is 8.11. The summed E-state index contributed by atoms with van der Waals surface area (Å²) in [4.78, 5) is 54.7. The second kappa shape index (κ2) is 11.1. The number of nitrogens with one attached hydrogen (secondary N) is 1. The minimum absolute atomic E-state index is 0.0146. The Hall–Kier alpha value is -4.36. The van der Waals surface area contributed by atoms with Crippen LogP contribution in [0.2, 0.25) is 0 Å². The standard InChI is InChI=1S/C29H36N4O9/c1-6-7-8-42-28(40)31-12-14-11-17(32(2)3)15-9-13-10-16-21(33(4)5)24(36)20(27(30)39)26(38)29(16,41)25(37)18(13)23(35)19(15)22(14)34/h6,11,13,16,21,34-35,38,41H,1,7-10,12H2,2-5H3,(H2,30,39)(H,31,40). The first-order valence-corrected chi connectivity index (χ1v) is 13.4. The molecular formula is C29H36N4O9. The van der Waals surface area contributed by atoms with Gasteiger partial charge in [-0.1, -0.05) is 6.08 Å². The van der Waals surface area contributed by atoms with Gasteiger partial charge in [-0.05, 0) is 50.9 Å². The molecule has 13 nitrogen and oxygen atoms in total. The van der Waals surface area contributed by atoms with Gasteiger partial charge in [-0.15, -0.1) is 6.58 Å². The highest BCUT2D eigenvalue weighted by Crippen LogP contribution is 2.54. The number of aliphatic hydroxyl groups excluding tert-OH is 2. The van der Waals surface area contributed by atoms with Crippen molar-refractivity contribution in [1.82, 2.24) is 10.2 Å². The molecule has 0 heterocycles. The van der Waals surface area contributed by atoms with Gasteiger partial charge in [0.25, 0.3) is 5.91 Å². The molecule has 0 aliphatic heterocycles. The second-order valence-electron chi connectivity index (χ2n) is 11.2. The summed E-state index contributed by atoms with van der Waals surface area (Å²) >= 11 is 0. The highest BCUT2D eigenvalue weighted by atomic mass is 16.5. The van der Waals surface area contributed by atoms with Crippen LogP contribution in [0.4, 0.5) is 10.5 Å².